The number of amides is 2. The van der Waals surface area contributed by atoms with E-state index < -0.39 is 91.8 Å². The van der Waals surface area contributed by atoms with Crippen LogP contribution in [0, 0.1) is 29.1 Å². The monoisotopic (exact) mass is 833 g/mol. The van der Waals surface area contributed by atoms with Crippen molar-refractivity contribution in [2.24, 2.45) is 29.1 Å². The summed E-state index contributed by atoms with van der Waals surface area (Å²) in [6, 6.07) is 7.91. The Morgan fingerprint density at radius 2 is 1.79 bits per heavy atom. The van der Waals surface area contributed by atoms with Crippen LogP contribution in [0.25, 0.3) is 10.8 Å². The Balaban J connectivity index is 1.36. The molecular weight excluding hydrogens is 780 g/mol. The van der Waals surface area contributed by atoms with Crippen LogP contribution >= 0.6 is 0 Å². The van der Waals surface area contributed by atoms with Gasteiger partial charge in [0.05, 0.1) is 41.7 Å². The van der Waals surface area contributed by atoms with E-state index >= 15 is 0 Å². The number of nitrogens with one attached hydrogen (secondary N) is 1. The summed E-state index contributed by atoms with van der Waals surface area (Å²) in [5.41, 5.74) is -4.19. The molecular formula is C42H54F3N3O9S. The number of hydrogen-bond acceptors (Lipinski definition) is 10. The lowest BCUT2D eigenvalue weighted by atomic mass is 9.82. The highest BCUT2D eigenvalue weighted by atomic mass is 32.2. The van der Waals surface area contributed by atoms with Crippen molar-refractivity contribution in [2.45, 2.75) is 128 Å². The molecule has 2 aliphatic heterocycles. The summed E-state index contributed by atoms with van der Waals surface area (Å²) in [5, 5.41) is 1.42. The molecule has 7 atom stereocenters. The molecule has 2 amide bonds. The van der Waals surface area contributed by atoms with Crippen LogP contribution in [0.4, 0.5) is 13.2 Å². The van der Waals surface area contributed by atoms with Gasteiger partial charge in [0.25, 0.3) is 0 Å². The standard InChI is InChI=1S/C42H54F3N3O9S/c1-7-55-34-19-27-13-9-11-15-30(27)36(46-34)56-29-20-32-33(49)23-41(38(52)47-58(53,54)40(6)16-17-40)22-28(41)14-10-8-12-25(2)18-26(3)31(37(51)48(32)24-29)21-35(50)57-39(4,5)42(43,44)45/h9-11,13-15,19,25-26,28-29,31-32H,7-8,12,16-18,20-24H2,1-6H3,(H,47,52)/b14-10-/t25-,26+,28+,29+,31-,32-,41+/m0/s1. The number of allylic oxidation sites excluding steroid dienone is 2. The molecule has 2 aromatic rings. The third-order valence-electron chi connectivity index (χ3n) is 12.5. The lowest BCUT2D eigenvalue weighted by Crippen LogP contribution is -2.48. The fourth-order valence-electron chi connectivity index (χ4n) is 8.26. The number of hydrogen-bond donors (Lipinski definition) is 1. The van der Waals surface area contributed by atoms with Gasteiger partial charge >= 0.3 is 12.1 Å². The smallest absolute Gasteiger partial charge is 0.427 e. The lowest BCUT2D eigenvalue weighted by Gasteiger charge is -2.33. The van der Waals surface area contributed by atoms with E-state index in [1.165, 1.54) is 4.90 Å². The number of benzene rings is 1. The largest absolute Gasteiger partial charge is 0.478 e. The minimum Gasteiger partial charge on any atom is -0.478 e. The molecule has 4 aliphatic rings. The quantitative estimate of drug-likeness (QED) is 0.198. The second-order valence-corrected chi connectivity index (χ2v) is 19.7. The van der Waals surface area contributed by atoms with E-state index in [0.29, 0.717) is 50.0 Å². The Bertz CT molecular complexity index is 2070. The van der Waals surface area contributed by atoms with Crippen molar-refractivity contribution in [3.8, 4) is 11.8 Å². The van der Waals surface area contributed by atoms with Crippen molar-refractivity contribution < 1.29 is 55.0 Å². The van der Waals surface area contributed by atoms with Crippen LogP contribution in [-0.2, 0) is 33.9 Å². The average Bonchev–Trinajstić information content (AvgIpc) is 4.01. The topological polar surface area (TPSA) is 158 Å². The second-order valence-electron chi connectivity index (χ2n) is 17.5. The highest BCUT2D eigenvalue weighted by Gasteiger charge is 2.63. The van der Waals surface area contributed by atoms with Crippen LogP contribution in [0.2, 0.25) is 0 Å². The molecule has 16 heteroatoms. The van der Waals surface area contributed by atoms with Crippen molar-refractivity contribution in [3.05, 3.63) is 42.5 Å². The fraction of sp³-hybridized carbons (Fsp3) is 0.643. The zero-order valence-electron chi connectivity index (χ0n) is 33.9. The minimum atomic E-state index is -4.87. The zero-order chi connectivity index (χ0) is 42.4. The van der Waals surface area contributed by atoms with Crippen molar-refractivity contribution >= 4 is 44.4 Å². The molecule has 6 rings (SSSR count). The van der Waals surface area contributed by atoms with Crippen molar-refractivity contribution in [2.75, 3.05) is 13.2 Å². The van der Waals surface area contributed by atoms with Gasteiger partial charge in [0.1, 0.15) is 6.10 Å². The number of aromatic nitrogens is 1. The van der Waals surface area contributed by atoms with Gasteiger partial charge in [0.15, 0.2) is 5.78 Å². The van der Waals surface area contributed by atoms with Gasteiger partial charge in [-0.1, -0.05) is 44.2 Å². The van der Waals surface area contributed by atoms with E-state index in [1.807, 2.05) is 50.3 Å². The Morgan fingerprint density at radius 1 is 1.09 bits per heavy atom. The number of Topliss-reactive ketones (excluding diaryl/α,β-unsaturated/α-hetero) is 1. The number of ether oxygens (including phenoxy) is 3. The maximum Gasteiger partial charge on any atom is 0.427 e. The van der Waals surface area contributed by atoms with E-state index in [-0.39, 0.29) is 37.6 Å². The number of pyridine rings is 1. The molecule has 1 aromatic carbocycles. The Kier molecular flexibility index (Phi) is 12.0. The summed E-state index contributed by atoms with van der Waals surface area (Å²) in [7, 11) is -4.03. The van der Waals surface area contributed by atoms with Crippen molar-refractivity contribution in [1.82, 2.24) is 14.6 Å². The number of fused-ring (bicyclic) bond motifs is 3. The molecule has 1 N–H and O–H groups in total. The normalized spacial score (nSPS) is 29.6. The number of ketones is 1. The average molecular weight is 834 g/mol. The Hall–Kier alpha value is -4.21. The molecule has 1 aromatic heterocycles. The number of esters is 1. The number of carbonyl (C=O) groups excluding carboxylic acids is 4. The first-order chi connectivity index (χ1) is 27.1. The minimum absolute atomic E-state index is 0.0171. The predicted molar refractivity (Wildman–Crippen MR) is 208 cm³/mol. The maximum absolute atomic E-state index is 14.9. The number of sulfonamides is 1. The SMILES string of the molecule is CCOc1cc2ccccc2c(O[C@@H]2C[C@H]3C(=O)C[C@]4(C(=O)NS(=O)(=O)C5(C)CC5)C[C@H]4/C=C\CC[C@H](C)C[C@@H](C)[C@H](CC(=O)OC(C)(C)C(F)(F)F)C(=O)N3C2)n1. The van der Waals surface area contributed by atoms with Gasteiger partial charge in [-0.2, -0.15) is 18.2 Å². The molecule has 0 unspecified atom stereocenters. The van der Waals surface area contributed by atoms with Crippen LogP contribution in [0.5, 0.6) is 11.8 Å². The summed E-state index contributed by atoms with van der Waals surface area (Å²) >= 11 is 0. The van der Waals surface area contributed by atoms with Gasteiger partial charge in [-0.25, -0.2) is 8.42 Å². The van der Waals surface area contributed by atoms with Gasteiger partial charge in [0.2, 0.25) is 39.2 Å². The molecule has 2 saturated carbocycles. The molecule has 2 aliphatic carbocycles. The summed E-state index contributed by atoms with van der Waals surface area (Å²) in [4.78, 5) is 62.7. The zero-order valence-corrected chi connectivity index (χ0v) is 34.7. The second kappa shape index (κ2) is 16.1. The first-order valence-corrected chi connectivity index (χ1v) is 21.6. The molecule has 0 bridgehead atoms. The highest BCUT2D eigenvalue weighted by molar-refractivity contribution is 7.91. The number of alkyl halides is 3. The van der Waals surface area contributed by atoms with E-state index in [0.717, 1.165) is 19.2 Å². The molecule has 12 nitrogen and oxygen atoms in total. The first kappa shape index (κ1) is 43.4. The van der Waals surface area contributed by atoms with E-state index in [4.69, 9.17) is 14.2 Å². The van der Waals surface area contributed by atoms with Gasteiger partial charge < -0.3 is 19.1 Å². The van der Waals surface area contributed by atoms with Crippen molar-refractivity contribution in [3.63, 3.8) is 0 Å². The van der Waals surface area contributed by atoms with Gasteiger partial charge in [-0.05, 0) is 95.4 Å². The molecule has 318 valence electrons. The summed E-state index contributed by atoms with van der Waals surface area (Å²) in [6.45, 7) is 8.80. The van der Waals surface area contributed by atoms with E-state index in [1.54, 1.807) is 19.9 Å². The predicted octanol–water partition coefficient (Wildman–Crippen LogP) is 6.85. The summed E-state index contributed by atoms with van der Waals surface area (Å²) in [5.74, 6) is -4.69. The lowest BCUT2D eigenvalue weighted by molar-refractivity contribution is -0.257. The van der Waals surface area contributed by atoms with E-state index in [2.05, 4.69) is 9.71 Å². The first-order valence-electron chi connectivity index (χ1n) is 20.1. The summed E-state index contributed by atoms with van der Waals surface area (Å²) < 4.78 is 86.1. The molecule has 0 radical (unpaired) electrons. The molecule has 58 heavy (non-hydrogen) atoms. The van der Waals surface area contributed by atoms with Crippen LogP contribution in [0.1, 0.15) is 99.3 Å². The molecule has 3 fully saturated rings. The van der Waals surface area contributed by atoms with Crippen LogP contribution in [0.15, 0.2) is 42.5 Å². The Morgan fingerprint density at radius 3 is 2.47 bits per heavy atom. The van der Waals surface area contributed by atoms with Gasteiger partial charge in [0, 0.05) is 24.3 Å². The highest BCUT2D eigenvalue weighted by Crippen LogP contribution is 2.58. The van der Waals surface area contributed by atoms with E-state index in [9.17, 15) is 40.8 Å². The molecule has 1 saturated heterocycles. The van der Waals surface area contributed by atoms with Crippen LogP contribution in [-0.4, -0.2) is 83.7 Å². The Labute approximate surface area is 337 Å². The molecule has 3 heterocycles. The summed E-state index contributed by atoms with van der Waals surface area (Å²) in [6.07, 6.45) is -0.238. The number of rotatable bonds is 10. The number of carbonyl (C=O) groups is 4. The third kappa shape index (κ3) is 9.01. The van der Waals surface area contributed by atoms with Crippen molar-refractivity contribution in [1.29, 1.82) is 0 Å². The van der Waals surface area contributed by atoms with Crippen LogP contribution < -0.4 is 14.2 Å². The third-order valence-corrected chi connectivity index (χ3v) is 14.6. The number of halogens is 3. The van der Waals surface area contributed by atoms with Crippen LogP contribution in [0.3, 0.4) is 0 Å². The fourth-order valence-corrected chi connectivity index (χ4v) is 9.59. The number of nitrogens with zero attached hydrogens (tertiary/aromatic N) is 2. The van der Waals surface area contributed by atoms with Gasteiger partial charge in [-0.3, -0.25) is 23.9 Å². The van der Waals surface area contributed by atoms with Gasteiger partial charge in [-0.15, -0.1) is 0 Å². The maximum atomic E-state index is 14.9. The molecule has 0 spiro atoms.